The summed E-state index contributed by atoms with van der Waals surface area (Å²) in [5.74, 6) is 3.51. The SMILES string of the molecule is COc1cnn(C(C)C)c1C(N)CSCC(C)C. The zero-order valence-electron chi connectivity index (χ0n) is 12.0. The number of nitrogens with zero attached hydrogens (tertiary/aromatic N) is 2. The van der Waals surface area contributed by atoms with Gasteiger partial charge in [-0.05, 0) is 25.5 Å². The van der Waals surface area contributed by atoms with Crippen molar-refractivity contribution in [2.24, 2.45) is 11.7 Å². The van der Waals surface area contributed by atoms with Crippen molar-refractivity contribution in [3.05, 3.63) is 11.9 Å². The second-order valence-corrected chi connectivity index (χ2v) is 6.25. The second-order valence-electron chi connectivity index (χ2n) is 5.17. The van der Waals surface area contributed by atoms with Gasteiger partial charge in [0.05, 0.1) is 25.0 Å². The maximum absolute atomic E-state index is 6.28. The molecule has 1 heterocycles. The fourth-order valence-corrected chi connectivity index (χ4v) is 2.81. The number of thioether (sulfide) groups is 1. The lowest BCUT2D eigenvalue weighted by Crippen LogP contribution is -2.20. The molecule has 2 N–H and O–H groups in total. The fraction of sp³-hybridized carbons (Fsp3) is 0.769. The molecule has 104 valence electrons. The third kappa shape index (κ3) is 3.92. The average Bonchev–Trinajstić information content (AvgIpc) is 2.71. The number of aromatic nitrogens is 2. The minimum atomic E-state index is -0.0337. The van der Waals surface area contributed by atoms with Crippen molar-refractivity contribution in [2.75, 3.05) is 18.6 Å². The number of hydrogen-bond acceptors (Lipinski definition) is 4. The van der Waals surface area contributed by atoms with E-state index in [0.29, 0.717) is 12.0 Å². The summed E-state index contributed by atoms with van der Waals surface area (Å²) in [6, 6.07) is 0.263. The number of rotatable bonds is 7. The molecule has 1 aromatic rings. The van der Waals surface area contributed by atoms with Gasteiger partial charge in [0.1, 0.15) is 0 Å². The van der Waals surface area contributed by atoms with Gasteiger partial charge in [0.2, 0.25) is 0 Å². The fourth-order valence-electron chi connectivity index (χ4n) is 1.79. The van der Waals surface area contributed by atoms with Crippen molar-refractivity contribution in [3.63, 3.8) is 0 Å². The Labute approximate surface area is 114 Å². The molecule has 1 rings (SSSR count). The minimum Gasteiger partial charge on any atom is -0.493 e. The summed E-state index contributed by atoms with van der Waals surface area (Å²) in [5, 5.41) is 4.35. The largest absolute Gasteiger partial charge is 0.493 e. The van der Waals surface area contributed by atoms with Gasteiger partial charge in [-0.25, -0.2) is 0 Å². The summed E-state index contributed by atoms with van der Waals surface area (Å²) in [4.78, 5) is 0. The van der Waals surface area contributed by atoms with Crippen LogP contribution in [0.5, 0.6) is 5.75 Å². The molecule has 0 radical (unpaired) electrons. The first-order chi connectivity index (χ1) is 8.47. The van der Waals surface area contributed by atoms with Crippen molar-refractivity contribution in [3.8, 4) is 5.75 Å². The molecule has 0 fully saturated rings. The van der Waals surface area contributed by atoms with Crippen molar-refractivity contribution >= 4 is 11.8 Å². The Morgan fingerprint density at radius 2 is 2.00 bits per heavy atom. The van der Waals surface area contributed by atoms with Crippen molar-refractivity contribution in [1.82, 2.24) is 9.78 Å². The molecule has 0 bridgehead atoms. The van der Waals surface area contributed by atoms with Gasteiger partial charge < -0.3 is 10.5 Å². The molecule has 1 aromatic heterocycles. The number of ether oxygens (including phenoxy) is 1. The molecule has 1 unspecified atom stereocenters. The molecular weight excluding hydrogens is 246 g/mol. The first kappa shape index (κ1) is 15.4. The van der Waals surface area contributed by atoms with E-state index in [1.807, 2.05) is 16.4 Å². The molecule has 0 spiro atoms. The van der Waals surface area contributed by atoms with Crippen molar-refractivity contribution in [1.29, 1.82) is 0 Å². The lowest BCUT2D eigenvalue weighted by molar-refractivity contribution is 0.399. The quantitative estimate of drug-likeness (QED) is 0.828. The highest BCUT2D eigenvalue weighted by Gasteiger charge is 2.20. The van der Waals surface area contributed by atoms with Crippen LogP contribution in [0.25, 0.3) is 0 Å². The first-order valence-corrected chi connectivity index (χ1v) is 7.57. The number of nitrogens with two attached hydrogens (primary N) is 1. The predicted molar refractivity (Wildman–Crippen MR) is 78.3 cm³/mol. The molecule has 0 aliphatic heterocycles. The van der Waals surface area contributed by atoms with E-state index in [1.54, 1.807) is 13.3 Å². The van der Waals surface area contributed by atoms with Crippen LogP contribution in [0, 0.1) is 5.92 Å². The third-order valence-electron chi connectivity index (χ3n) is 2.61. The Bertz CT molecular complexity index is 363. The number of hydrogen-bond donors (Lipinski definition) is 1. The summed E-state index contributed by atoms with van der Waals surface area (Å²) in [6.07, 6.45) is 1.75. The summed E-state index contributed by atoms with van der Waals surface area (Å²) in [5.41, 5.74) is 7.28. The molecule has 0 saturated heterocycles. The summed E-state index contributed by atoms with van der Waals surface area (Å²) in [6.45, 7) is 8.64. The van der Waals surface area contributed by atoms with Gasteiger partial charge in [0.15, 0.2) is 5.75 Å². The van der Waals surface area contributed by atoms with E-state index >= 15 is 0 Å². The van der Waals surface area contributed by atoms with Gasteiger partial charge in [-0.2, -0.15) is 16.9 Å². The van der Waals surface area contributed by atoms with Crippen LogP contribution in [0.15, 0.2) is 6.20 Å². The highest BCUT2D eigenvalue weighted by Crippen LogP contribution is 2.28. The maximum Gasteiger partial charge on any atom is 0.161 e. The molecule has 5 heteroatoms. The topological polar surface area (TPSA) is 53.1 Å². The van der Waals surface area contributed by atoms with Crippen LogP contribution < -0.4 is 10.5 Å². The smallest absolute Gasteiger partial charge is 0.161 e. The molecule has 0 saturated carbocycles. The lowest BCUT2D eigenvalue weighted by atomic mass is 10.2. The summed E-state index contributed by atoms with van der Waals surface area (Å²) >= 11 is 1.89. The second kappa shape index (κ2) is 7.04. The molecule has 0 aliphatic carbocycles. The Morgan fingerprint density at radius 3 is 2.50 bits per heavy atom. The van der Waals surface area contributed by atoms with Gasteiger partial charge in [0, 0.05) is 11.8 Å². The summed E-state index contributed by atoms with van der Waals surface area (Å²) < 4.78 is 7.31. The average molecular weight is 271 g/mol. The Hall–Kier alpha value is -0.680. The van der Waals surface area contributed by atoms with Gasteiger partial charge in [0.25, 0.3) is 0 Å². The Kier molecular flexibility index (Phi) is 6.02. The molecule has 0 aromatic carbocycles. The van der Waals surface area contributed by atoms with E-state index in [9.17, 15) is 0 Å². The van der Waals surface area contributed by atoms with Gasteiger partial charge in [-0.15, -0.1) is 0 Å². The van der Waals surface area contributed by atoms with Crippen LogP contribution in [0.3, 0.4) is 0 Å². The Morgan fingerprint density at radius 1 is 1.33 bits per heavy atom. The molecular formula is C13H25N3OS. The van der Waals surface area contributed by atoms with E-state index in [2.05, 4.69) is 32.8 Å². The van der Waals surface area contributed by atoms with Gasteiger partial charge in [-0.3, -0.25) is 4.68 Å². The van der Waals surface area contributed by atoms with E-state index in [1.165, 1.54) is 0 Å². The monoisotopic (exact) mass is 271 g/mol. The van der Waals surface area contributed by atoms with Crippen LogP contribution in [-0.4, -0.2) is 28.4 Å². The van der Waals surface area contributed by atoms with Crippen molar-refractivity contribution < 1.29 is 4.74 Å². The zero-order valence-corrected chi connectivity index (χ0v) is 12.8. The van der Waals surface area contributed by atoms with E-state index in [-0.39, 0.29) is 6.04 Å². The van der Waals surface area contributed by atoms with Crippen LogP contribution in [0.4, 0.5) is 0 Å². The Balaban J connectivity index is 2.76. The molecule has 4 nitrogen and oxygen atoms in total. The molecule has 0 amide bonds. The van der Waals surface area contributed by atoms with Gasteiger partial charge >= 0.3 is 0 Å². The van der Waals surface area contributed by atoms with Crippen LogP contribution in [-0.2, 0) is 0 Å². The minimum absolute atomic E-state index is 0.0337. The highest BCUT2D eigenvalue weighted by atomic mass is 32.2. The third-order valence-corrected chi connectivity index (χ3v) is 4.10. The highest BCUT2D eigenvalue weighted by molar-refractivity contribution is 7.99. The van der Waals surface area contributed by atoms with Crippen LogP contribution in [0.2, 0.25) is 0 Å². The first-order valence-electron chi connectivity index (χ1n) is 6.42. The maximum atomic E-state index is 6.28. The molecule has 1 atom stereocenters. The standard InChI is InChI=1S/C13H25N3OS/c1-9(2)7-18-8-11(14)13-12(17-5)6-15-16(13)10(3)4/h6,9-11H,7-8,14H2,1-5H3. The number of methoxy groups -OCH3 is 1. The summed E-state index contributed by atoms with van der Waals surface area (Å²) in [7, 11) is 1.67. The lowest BCUT2D eigenvalue weighted by Gasteiger charge is -2.18. The van der Waals surface area contributed by atoms with E-state index in [0.717, 1.165) is 22.9 Å². The predicted octanol–water partition coefficient (Wildman–Crippen LogP) is 2.86. The van der Waals surface area contributed by atoms with Crippen LogP contribution in [0.1, 0.15) is 45.5 Å². The molecule has 18 heavy (non-hydrogen) atoms. The van der Waals surface area contributed by atoms with Crippen LogP contribution >= 0.6 is 11.8 Å². The van der Waals surface area contributed by atoms with Gasteiger partial charge in [-0.1, -0.05) is 13.8 Å². The van der Waals surface area contributed by atoms with Crippen molar-refractivity contribution in [2.45, 2.75) is 39.8 Å². The normalized spacial score (nSPS) is 13.3. The zero-order chi connectivity index (χ0) is 13.7. The van der Waals surface area contributed by atoms with E-state index in [4.69, 9.17) is 10.5 Å². The molecule has 0 aliphatic rings. The van der Waals surface area contributed by atoms with E-state index < -0.39 is 0 Å².